The predicted molar refractivity (Wildman–Crippen MR) is 97.3 cm³/mol. The summed E-state index contributed by atoms with van der Waals surface area (Å²) in [4.78, 5) is 14.9. The number of hydrogen-bond acceptors (Lipinski definition) is 4. The second-order valence-corrected chi connectivity index (χ2v) is 7.10. The van der Waals surface area contributed by atoms with E-state index >= 15 is 0 Å². The molecule has 1 N–H and O–H groups in total. The molecular formula is C19H27N5O. The number of nitrogens with one attached hydrogen (secondary N) is 1. The van der Waals surface area contributed by atoms with Crippen LogP contribution in [-0.2, 0) is 13.1 Å². The molecule has 1 aromatic carbocycles. The Labute approximate surface area is 149 Å². The van der Waals surface area contributed by atoms with Crippen LogP contribution in [0.3, 0.4) is 0 Å². The van der Waals surface area contributed by atoms with Gasteiger partial charge in [-0.25, -0.2) is 0 Å². The van der Waals surface area contributed by atoms with Gasteiger partial charge in [0.2, 0.25) is 0 Å². The molecule has 6 heteroatoms. The lowest BCUT2D eigenvalue weighted by atomic mass is 9.97. The lowest BCUT2D eigenvalue weighted by molar-refractivity contribution is 0.0659. The van der Waals surface area contributed by atoms with Gasteiger partial charge in [-0.2, -0.15) is 0 Å². The average molecular weight is 341 g/mol. The van der Waals surface area contributed by atoms with Crippen LogP contribution in [0.4, 0.5) is 0 Å². The highest BCUT2D eigenvalue weighted by Gasteiger charge is 2.25. The van der Waals surface area contributed by atoms with Crippen LogP contribution in [0.25, 0.3) is 0 Å². The number of aryl methyl sites for hydroxylation is 2. The lowest BCUT2D eigenvalue weighted by Gasteiger charge is -2.32. The maximum atomic E-state index is 12.9. The van der Waals surface area contributed by atoms with Crippen molar-refractivity contribution in [3.63, 3.8) is 0 Å². The fourth-order valence-corrected chi connectivity index (χ4v) is 3.63. The first-order valence-corrected chi connectivity index (χ1v) is 8.96. The molecule has 1 atom stereocenters. The third-order valence-corrected chi connectivity index (χ3v) is 4.66. The van der Waals surface area contributed by atoms with Crippen molar-refractivity contribution in [2.75, 3.05) is 20.1 Å². The molecule has 1 aliphatic rings. The van der Waals surface area contributed by atoms with Gasteiger partial charge in [0.05, 0.1) is 5.69 Å². The highest BCUT2D eigenvalue weighted by molar-refractivity contribution is 5.94. The summed E-state index contributed by atoms with van der Waals surface area (Å²) in [5.74, 6) is 0.568. The van der Waals surface area contributed by atoms with Gasteiger partial charge in [0.1, 0.15) is 0 Å². The Kier molecular flexibility index (Phi) is 5.48. The molecule has 1 amide bonds. The summed E-state index contributed by atoms with van der Waals surface area (Å²) in [5, 5.41) is 11.4. The number of aromatic nitrogens is 3. The maximum Gasteiger partial charge on any atom is 0.253 e. The fourth-order valence-electron chi connectivity index (χ4n) is 3.63. The van der Waals surface area contributed by atoms with Gasteiger partial charge in [-0.15, -0.1) is 5.10 Å². The van der Waals surface area contributed by atoms with Gasteiger partial charge in [-0.1, -0.05) is 22.4 Å². The molecule has 1 fully saturated rings. The van der Waals surface area contributed by atoms with Crippen LogP contribution in [0.1, 0.15) is 40.0 Å². The normalized spacial score (nSPS) is 17.7. The van der Waals surface area contributed by atoms with Crippen LogP contribution in [0, 0.1) is 19.8 Å². The Bertz CT molecular complexity index is 719. The highest BCUT2D eigenvalue weighted by atomic mass is 16.2. The van der Waals surface area contributed by atoms with E-state index in [1.54, 1.807) is 0 Å². The SMILES string of the molecule is CNCc1cn(C[C@H]2CCCN(C(=O)c3cc(C)cc(C)c3)C2)nn1. The Morgan fingerprint density at radius 3 is 2.76 bits per heavy atom. The van der Waals surface area contributed by atoms with E-state index in [0.717, 1.165) is 61.4 Å². The van der Waals surface area contributed by atoms with Gasteiger partial charge in [-0.05, 0) is 51.8 Å². The number of hydrogen-bond donors (Lipinski definition) is 1. The minimum Gasteiger partial charge on any atom is -0.338 e. The number of nitrogens with zero attached hydrogens (tertiary/aromatic N) is 4. The molecule has 0 spiro atoms. The van der Waals surface area contributed by atoms with Crippen LogP contribution in [-0.4, -0.2) is 45.9 Å². The van der Waals surface area contributed by atoms with Crippen molar-refractivity contribution in [3.05, 3.63) is 46.8 Å². The molecule has 0 saturated carbocycles. The first-order valence-electron chi connectivity index (χ1n) is 8.96. The Balaban J connectivity index is 1.64. The van der Waals surface area contributed by atoms with Crippen LogP contribution in [0.5, 0.6) is 0 Å². The first kappa shape index (κ1) is 17.6. The molecule has 0 radical (unpaired) electrons. The summed E-state index contributed by atoms with van der Waals surface area (Å²) in [6, 6.07) is 6.07. The summed E-state index contributed by atoms with van der Waals surface area (Å²) in [6.07, 6.45) is 4.15. The minimum absolute atomic E-state index is 0.144. The number of amides is 1. The molecule has 25 heavy (non-hydrogen) atoms. The molecule has 1 aliphatic heterocycles. The number of likely N-dealkylation sites (tertiary alicyclic amines) is 1. The summed E-state index contributed by atoms with van der Waals surface area (Å²) in [7, 11) is 1.90. The summed E-state index contributed by atoms with van der Waals surface area (Å²) in [5.41, 5.74) is 4.02. The summed E-state index contributed by atoms with van der Waals surface area (Å²) in [6.45, 7) is 7.24. The van der Waals surface area contributed by atoms with E-state index in [9.17, 15) is 4.79 Å². The summed E-state index contributed by atoms with van der Waals surface area (Å²) >= 11 is 0. The minimum atomic E-state index is 0.144. The Morgan fingerprint density at radius 2 is 2.04 bits per heavy atom. The van der Waals surface area contributed by atoms with Crippen molar-refractivity contribution in [2.24, 2.45) is 5.92 Å². The molecule has 3 rings (SSSR count). The van der Waals surface area contributed by atoms with Crippen molar-refractivity contribution in [1.82, 2.24) is 25.2 Å². The van der Waals surface area contributed by atoms with Gasteiger partial charge in [0, 0.05) is 37.9 Å². The number of piperidine rings is 1. The lowest BCUT2D eigenvalue weighted by Crippen LogP contribution is -2.41. The van der Waals surface area contributed by atoms with E-state index in [-0.39, 0.29) is 5.91 Å². The van der Waals surface area contributed by atoms with Gasteiger partial charge < -0.3 is 10.2 Å². The zero-order valence-electron chi connectivity index (χ0n) is 15.3. The van der Waals surface area contributed by atoms with E-state index < -0.39 is 0 Å². The zero-order chi connectivity index (χ0) is 17.8. The molecule has 6 nitrogen and oxygen atoms in total. The topological polar surface area (TPSA) is 63.1 Å². The van der Waals surface area contributed by atoms with Gasteiger partial charge in [-0.3, -0.25) is 9.48 Å². The zero-order valence-corrected chi connectivity index (χ0v) is 15.3. The van der Waals surface area contributed by atoms with Gasteiger partial charge >= 0.3 is 0 Å². The molecule has 0 aliphatic carbocycles. The third kappa shape index (κ3) is 4.45. The predicted octanol–water partition coefficient (Wildman–Crippen LogP) is 2.17. The molecule has 2 heterocycles. The van der Waals surface area contributed by atoms with Crippen LogP contribution in [0.15, 0.2) is 24.4 Å². The van der Waals surface area contributed by atoms with E-state index in [1.165, 1.54) is 0 Å². The van der Waals surface area contributed by atoms with Crippen molar-refractivity contribution < 1.29 is 4.79 Å². The van der Waals surface area contributed by atoms with Crippen molar-refractivity contribution in [2.45, 2.75) is 39.8 Å². The Morgan fingerprint density at radius 1 is 1.28 bits per heavy atom. The highest BCUT2D eigenvalue weighted by Crippen LogP contribution is 2.21. The number of benzene rings is 1. The smallest absolute Gasteiger partial charge is 0.253 e. The molecule has 2 aromatic rings. The van der Waals surface area contributed by atoms with E-state index in [1.807, 2.05) is 48.8 Å². The molecule has 134 valence electrons. The maximum absolute atomic E-state index is 12.9. The third-order valence-electron chi connectivity index (χ3n) is 4.66. The van der Waals surface area contributed by atoms with E-state index in [2.05, 4.69) is 21.7 Å². The Hall–Kier alpha value is -2.21. The van der Waals surface area contributed by atoms with Gasteiger partial charge in [0.25, 0.3) is 5.91 Å². The van der Waals surface area contributed by atoms with Crippen molar-refractivity contribution in [1.29, 1.82) is 0 Å². The largest absolute Gasteiger partial charge is 0.338 e. The molecule has 1 saturated heterocycles. The van der Waals surface area contributed by atoms with E-state index in [0.29, 0.717) is 5.92 Å². The van der Waals surface area contributed by atoms with Crippen LogP contribution in [0.2, 0.25) is 0 Å². The monoisotopic (exact) mass is 341 g/mol. The van der Waals surface area contributed by atoms with Gasteiger partial charge in [0.15, 0.2) is 0 Å². The molecule has 1 aromatic heterocycles. The second-order valence-electron chi connectivity index (χ2n) is 7.10. The first-order chi connectivity index (χ1) is 12.0. The van der Waals surface area contributed by atoms with Crippen molar-refractivity contribution >= 4 is 5.91 Å². The molecular weight excluding hydrogens is 314 g/mol. The standard InChI is InChI=1S/C19H27N5O/c1-14-7-15(2)9-17(8-14)19(25)23-6-4-5-16(11-23)12-24-13-18(10-20-3)21-22-24/h7-9,13,16,20H,4-6,10-12H2,1-3H3/t16-/m0/s1. The molecule has 0 bridgehead atoms. The van der Waals surface area contributed by atoms with E-state index in [4.69, 9.17) is 0 Å². The fraction of sp³-hybridized carbons (Fsp3) is 0.526. The quantitative estimate of drug-likeness (QED) is 0.905. The number of carbonyl (C=O) groups excluding carboxylic acids is 1. The van der Waals surface area contributed by atoms with Crippen molar-refractivity contribution in [3.8, 4) is 0 Å². The summed E-state index contributed by atoms with van der Waals surface area (Å²) < 4.78 is 1.90. The number of carbonyl (C=O) groups is 1. The second kappa shape index (κ2) is 7.78. The molecule has 0 unspecified atom stereocenters. The number of rotatable bonds is 5. The average Bonchev–Trinajstić information content (AvgIpc) is 3.01. The van der Waals surface area contributed by atoms with Crippen LogP contribution >= 0.6 is 0 Å². The van der Waals surface area contributed by atoms with Crippen LogP contribution < -0.4 is 5.32 Å².